The molecule has 5 aromatic carbocycles. The number of aryl methyl sites for hydroxylation is 2. The fourth-order valence-corrected chi connectivity index (χ4v) is 14.4. The first-order chi connectivity index (χ1) is 49.3. The maximum absolute atomic E-state index is 13.6. The SMILES string of the molecule is C=C(C)c1cc(C(=O)N2CCC(C=O)CC2)c(C)cc1OCc1ccccc1.C=C(C)c1cc(C(=O)N2CCC(CN[C@@H](CC(C)C)C(=O)OC3CCCC3)CC2)c(C)cc1OCc1ccccc1.CC(C)C[C@H](NCC1CCN(C(=O)c2cc(C(C)C)c(O)cc2O)CC1)C(=O)OC1CCCC1. The number of carbonyl (C=O) groups excluding carboxylic acids is 6. The van der Waals surface area contributed by atoms with Crippen LogP contribution in [0.5, 0.6) is 23.0 Å². The zero-order valence-electron chi connectivity index (χ0n) is 63.2. The minimum Gasteiger partial charge on any atom is -0.508 e. The third-order valence-electron chi connectivity index (χ3n) is 20.8. The van der Waals surface area contributed by atoms with Gasteiger partial charge in [-0.25, -0.2) is 0 Å². The van der Waals surface area contributed by atoms with Gasteiger partial charge in [0.1, 0.15) is 66.8 Å². The van der Waals surface area contributed by atoms with Crippen molar-refractivity contribution in [2.45, 2.75) is 215 Å². The standard InChI is InChI=1S/C35H48N2O4.C27H42N2O5.C24H27NO3/c1-24(2)19-32(35(39)41-29-13-9-10-14-29)36-22-27-15-17-37(18-16-27)34(38)31-21-30(25(3)4)33(20-26(31)5)40-23-28-11-7-6-8-12-28;1-17(2)13-23(27(33)34-20-7-5-6-8-20)28-16-19-9-11-29(12-10-19)26(32)22-14-21(18(3)4)24(30)15-25(22)31;1-17(2)21-14-22(24(27)25-11-9-19(15-26)10-12-25)18(3)13-23(21)28-16-20-7-5-4-6-8-20/h6-8,11-12,20-21,24,27,29,32,36H,3,9-10,13-19,22-23H2,1-2,4-5H3;14-15,17-20,23,28,30-31H,5-13,16H2,1-4H3;4-8,13-15,19H,1,9-12,16H2,2-3H3/t32-;23-;/m00./s1. The number of carbonyl (C=O) groups is 6. The zero-order valence-corrected chi connectivity index (χ0v) is 63.2. The molecule has 5 aliphatic rings. The molecule has 3 heterocycles. The van der Waals surface area contributed by atoms with Gasteiger partial charge in [0.15, 0.2) is 0 Å². The maximum Gasteiger partial charge on any atom is 0.323 e. The lowest BCUT2D eigenvalue weighted by Crippen LogP contribution is -2.45. The molecule has 0 bridgehead atoms. The Morgan fingerprint density at radius 3 is 1.21 bits per heavy atom. The van der Waals surface area contributed by atoms with Crippen LogP contribution < -0.4 is 20.1 Å². The number of rotatable bonds is 27. The van der Waals surface area contributed by atoms with Crippen LogP contribution in [-0.4, -0.2) is 138 Å². The third kappa shape index (κ3) is 23.9. The Morgan fingerprint density at radius 2 is 0.864 bits per heavy atom. The van der Waals surface area contributed by atoms with Crippen LogP contribution in [0.1, 0.15) is 234 Å². The van der Waals surface area contributed by atoms with E-state index in [4.69, 9.17) is 18.9 Å². The van der Waals surface area contributed by atoms with E-state index in [0.29, 0.717) is 92.8 Å². The largest absolute Gasteiger partial charge is 0.508 e. The van der Waals surface area contributed by atoms with E-state index in [0.717, 1.165) is 178 Å². The molecule has 3 aliphatic heterocycles. The molecule has 0 unspecified atom stereocenters. The Balaban J connectivity index is 0.000000199. The third-order valence-corrected chi connectivity index (χ3v) is 20.8. The van der Waals surface area contributed by atoms with Crippen molar-refractivity contribution in [1.82, 2.24) is 25.3 Å². The Labute approximate surface area is 613 Å². The second-order valence-corrected chi connectivity index (χ2v) is 30.6. The molecule has 17 nitrogen and oxygen atoms in total. The molecule has 17 heteroatoms. The van der Waals surface area contributed by atoms with Gasteiger partial charge in [0.25, 0.3) is 17.7 Å². The van der Waals surface area contributed by atoms with Gasteiger partial charge in [0.2, 0.25) is 0 Å². The van der Waals surface area contributed by atoms with Crippen LogP contribution in [0.15, 0.2) is 110 Å². The highest BCUT2D eigenvalue weighted by atomic mass is 16.5. The van der Waals surface area contributed by atoms with Crippen LogP contribution in [0.25, 0.3) is 11.1 Å². The molecule has 5 fully saturated rings. The Bertz CT molecular complexity index is 3630. The summed E-state index contributed by atoms with van der Waals surface area (Å²) in [7, 11) is 0. The summed E-state index contributed by atoms with van der Waals surface area (Å²) in [5.74, 6) is 2.67. The van der Waals surface area contributed by atoms with Crippen molar-refractivity contribution in [3.8, 4) is 23.0 Å². The number of allylic oxidation sites excluding steroid dienone is 2. The first kappa shape index (κ1) is 80.4. The average Bonchev–Trinajstić information content (AvgIpc) is 1.31. The minimum absolute atomic E-state index is 0.0104. The highest BCUT2D eigenvalue weighted by Gasteiger charge is 2.33. The molecular formula is C86H117N5O12. The number of phenolic OH excluding ortho intramolecular Hbond substituents is 2. The summed E-state index contributed by atoms with van der Waals surface area (Å²) in [4.78, 5) is 81.9. The number of phenols is 2. The number of nitrogens with zero attached hydrogens (tertiary/aromatic N) is 3. The fourth-order valence-electron chi connectivity index (χ4n) is 14.4. The van der Waals surface area contributed by atoms with Crippen molar-refractivity contribution in [2.24, 2.45) is 29.6 Å². The van der Waals surface area contributed by atoms with Gasteiger partial charge >= 0.3 is 11.9 Å². The van der Waals surface area contributed by atoms with Crippen molar-refractivity contribution in [1.29, 1.82) is 0 Å². The highest BCUT2D eigenvalue weighted by molar-refractivity contribution is 5.99. The lowest BCUT2D eigenvalue weighted by Gasteiger charge is -2.33. The molecule has 0 aromatic heterocycles. The Morgan fingerprint density at radius 1 is 0.495 bits per heavy atom. The molecule has 2 atom stereocenters. The van der Waals surface area contributed by atoms with E-state index in [1.165, 1.54) is 6.07 Å². The van der Waals surface area contributed by atoms with E-state index >= 15 is 0 Å². The van der Waals surface area contributed by atoms with Crippen molar-refractivity contribution in [2.75, 3.05) is 52.4 Å². The van der Waals surface area contributed by atoms with Crippen molar-refractivity contribution in [3.05, 3.63) is 166 Å². The fraction of sp³-hybridized carbons (Fsp3) is 0.535. The molecule has 2 saturated carbocycles. The first-order valence-corrected chi connectivity index (χ1v) is 38.1. The predicted octanol–water partition coefficient (Wildman–Crippen LogP) is 16.2. The van der Waals surface area contributed by atoms with Crippen molar-refractivity contribution < 1.29 is 57.9 Å². The van der Waals surface area contributed by atoms with Gasteiger partial charge in [-0.1, -0.05) is 115 Å². The van der Waals surface area contributed by atoms with Crippen LogP contribution in [0.3, 0.4) is 0 Å². The maximum atomic E-state index is 13.6. The topological polar surface area (TPSA) is 214 Å². The molecule has 3 saturated heterocycles. The summed E-state index contributed by atoms with van der Waals surface area (Å²) < 4.78 is 23.8. The number of hydrogen-bond donors (Lipinski definition) is 4. The van der Waals surface area contributed by atoms with Crippen LogP contribution >= 0.6 is 0 Å². The van der Waals surface area contributed by atoms with E-state index in [9.17, 15) is 39.0 Å². The minimum atomic E-state index is -0.288. The smallest absolute Gasteiger partial charge is 0.323 e. The Hall–Kier alpha value is -8.28. The molecule has 103 heavy (non-hydrogen) atoms. The monoisotopic (exact) mass is 1410 g/mol. The first-order valence-electron chi connectivity index (χ1n) is 38.1. The number of nitrogens with one attached hydrogen (secondary N) is 2. The van der Waals surface area contributed by atoms with Crippen molar-refractivity contribution in [3.63, 3.8) is 0 Å². The van der Waals surface area contributed by atoms with Crippen LogP contribution in [0.2, 0.25) is 0 Å². The average molecular weight is 1410 g/mol. The van der Waals surface area contributed by atoms with Crippen LogP contribution in [-0.2, 0) is 37.1 Å². The summed E-state index contributed by atoms with van der Waals surface area (Å²) >= 11 is 0. The molecule has 558 valence electrons. The van der Waals surface area contributed by atoms with Gasteiger partial charge in [0.05, 0.1) is 5.56 Å². The van der Waals surface area contributed by atoms with E-state index in [-0.39, 0.29) is 82.9 Å². The molecule has 3 amide bonds. The van der Waals surface area contributed by atoms with E-state index in [2.05, 4.69) is 51.5 Å². The number of ether oxygens (including phenoxy) is 4. The van der Waals surface area contributed by atoms with Gasteiger partial charge in [-0.3, -0.25) is 24.0 Å². The summed E-state index contributed by atoms with van der Waals surface area (Å²) in [6.45, 7) is 34.7. The summed E-state index contributed by atoms with van der Waals surface area (Å²) in [6, 6.07) is 30.1. The van der Waals surface area contributed by atoms with Gasteiger partial charge in [-0.05, 0) is 242 Å². The lowest BCUT2D eigenvalue weighted by atomic mass is 9.94. The highest BCUT2D eigenvalue weighted by Crippen LogP contribution is 2.36. The molecule has 0 spiro atoms. The number of aromatic hydroxyl groups is 2. The van der Waals surface area contributed by atoms with Crippen LogP contribution in [0.4, 0.5) is 0 Å². The number of amides is 3. The Kier molecular flexibility index (Phi) is 30.9. The zero-order chi connectivity index (χ0) is 74.3. The number of piperidine rings is 3. The normalized spacial score (nSPS) is 16.9. The molecule has 5 aromatic rings. The molecule has 10 rings (SSSR count). The summed E-state index contributed by atoms with van der Waals surface area (Å²) in [6.07, 6.45) is 16.2. The second kappa shape index (κ2) is 39.6. The van der Waals surface area contributed by atoms with Gasteiger partial charge in [-0.15, -0.1) is 0 Å². The molecular weight excluding hydrogens is 1290 g/mol. The molecule has 2 aliphatic carbocycles. The number of aldehydes is 1. The van der Waals surface area contributed by atoms with E-state index < -0.39 is 0 Å². The van der Waals surface area contributed by atoms with Gasteiger partial charge in [0, 0.05) is 73.5 Å². The quantitative estimate of drug-likeness (QED) is 0.0284. The predicted molar refractivity (Wildman–Crippen MR) is 408 cm³/mol. The van der Waals surface area contributed by atoms with Crippen molar-refractivity contribution >= 4 is 47.1 Å². The molecule has 4 N–H and O–H groups in total. The number of esters is 2. The van der Waals surface area contributed by atoms with Crippen LogP contribution in [0, 0.1) is 43.4 Å². The second-order valence-electron chi connectivity index (χ2n) is 30.6. The van der Waals surface area contributed by atoms with Gasteiger partial charge < -0.3 is 59.3 Å². The number of likely N-dealkylation sites (tertiary alicyclic amines) is 3. The summed E-state index contributed by atoms with van der Waals surface area (Å²) in [5, 5.41) is 27.3. The van der Waals surface area contributed by atoms with E-state index in [1.54, 1.807) is 11.0 Å². The number of benzene rings is 5. The summed E-state index contributed by atoms with van der Waals surface area (Å²) in [5.41, 5.74) is 9.70. The van der Waals surface area contributed by atoms with E-state index in [1.807, 2.05) is 136 Å². The molecule has 0 radical (unpaired) electrons. The lowest BCUT2D eigenvalue weighted by molar-refractivity contribution is -0.152. The number of hydrogen-bond acceptors (Lipinski definition) is 14. The van der Waals surface area contributed by atoms with Gasteiger partial charge in [-0.2, -0.15) is 0 Å².